The minimum Gasteiger partial charge on any atom is -0.489 e. The van der Waals surface area contributed by atoms with E-state index in [1.807, 2.05) is 30.3 Å². The van der Waals surface area contributed by atoms with Crippen LogP contribution in [0.2, 0.25) is 0 Å². The van der Waals surface area contributed by atoms with E-state index in [0.29, 0.717) is 24.9 Å². The predicted molar refractivity (Wildman–Crippen MR) is 86.8 cm³/mol. The summed E-state index contributed by atoms with van der Waals surface area (Å²) in [5.74, 6) is 0.276. The Bertz CT molecular complexity index is 601. The second-order valence-corrected chi connectivity index (χ2v) is 6.17. The van der Waals surface area contributed by atoms with E-state index in [4.69, 9.17) is 4.74 Å². The molecular formula is C17H19BrFNO. The molecule has 0 atom stereocenters. The van der Waals surface area contributed by atoms with Crippen LogP contribution in [0.15, 0.2) is 46.9 Å². The van der Waals surface area contributed by atoms with Crippen LogP contribution in [0.5, 0.6) is 5.75 Å². The SMILES string of the molecule is CC(C)NCc1cc(F)cc(OCc2cccc(Br)c2)c1. The number of hydrogen-bond donors (Lipinski definition) is 1. The first kappa shape index (κ1) is 16.0. The fourth-order valence-corrected chi connectivity index (χ4v) is 2.37. The lowest BCUT2D eigenvalue weighted by atomic mass is 10.2. The molecule has 0 saturated heterocycles. The van der Waals surface area contributed by atoms with Gasteiger partial charge in [-0.05, 0) is 35.4 Å². The Morgan fingerprint density at radius 2 is 1.95 bits per heavy atom. The van der Waals surface area contributed by atoms with E-state index in [0.717, 1.165) is 15.6 Å². The molecule has 1 N–H and O–H groups in total. The van der Waals surface area contributed by atoms with Gasteiger partial charge in [-0.15, -0.1) is 0 Å². The standard InChI is InChI=1S/C17H19BrFNO/c1-12(2)20-10-14-7-16(19)9-17(8-14)21-11-13-4-3-5-15(18)6-13/h3-9,12,20H,10-11H2,1-2H3. The highest BCUT2D eigenvalue weighted by molar-refractivity contribution is 9.10. The molecule has 112 valence electrons. The van der Waals surface area contributed by atoms with Crippen LogP contribution in [-0.2, 0) is 13.2 Å². The Morgan fingerprint density at radius 1 is 1.14 bits per heavy atom. The molecule has 2 aromatic rings. The Labute approximate surface area is 133 Å². The van der Waals surface area contributed by atoms with Crippen molar-refractivity contribution in [3.63, 3.8) is 0 Å². The van der Waals surface area contributed by atoms with E-state index in [1.165, 1.54) is 12.1 Å². The van der Waals surface area contributed by atoms with Crippen molar-refractivity contribution in [3.05, 3.63) is 63.9 Å². The molecule has 0 aliphatic heterocycles. The summed E-state index contributed by atoms with van der Waals surface area (Å²) in [6.45, 7) is 5.16. The van der Waals surface area contributed by atoms with Crippen LogP contribution in [0.25, 0.3) is 0 Å². The van der Waals surface area contributed by atoms with Crippen LogP contribution in [0, 0.1) is 5.82 Å². The van der Waals surface area contributed by atoms with Crippen molar-refractivity contribution in [3.8, 4) is 5.75 Å². The third-order valence-electron chi connectivity index (χ3n) is 2.94. The fourth-order valence-electron chi connectivity index (χ4n) is 1.92. The van der Waals surface area contributed by atoms with Gasteiger partial charge in [-0.1, -0.05) is 41.9 Å². The predicted octanol–water partition coefficient (Wildman–Crippen LogP) is 4.67. The van der Waals surface area contributed by atoms with Gasteiger partial charge in [0.2, 0.25) is 0 Å². The molecule has 0 fully saturated rings. The fraction of sp³-hybridized carbons (Fsp3) is 0.294. The third kappa shape index (κ3) is 5.48. The molecular weight excluding hydrogens is 333 g/mol. The lowest BCUT2D eigenvalue weighted by Gasteiger charge is -2.11. The number of halogens is 2. The van der Waals surface area contributed by atoms with Crippen LogP contribution in [-0.4, -0.2) is 6.04 Å². The lowest BCUT2D eigenvalue weighted by molar-refractivity contribution is 0.304. The molecule has 2 nitrogen and oxygen atoms in total. The largest absolute Gasteiger partial charge is 0.489 e. The average Bonchev–Trinajstić information content (AvgIpc) is 2.43. The van der Waals surface area contributed by atoms with E-state index in [9.17, 15) is 4.39 Å². The topological polar surface area (TPSA) is 21.3 Å². The van der Waals surface area contributed by atoms with Crippen molar-refractivity contribution in [2.75, 3.05) is 0 Å². The molecule has 0 aromatic heterocycles. The molecule has 0 amide bonds. The molecule has 0 aliphatic rings. The second-order valence-electron chi connectivity index (χ2n) is 5.25. The Kier molecular flexibility index (Phi) is 5.76. The van der Waals surface area contributed by atoms with Gasteiger partial charge in [-0.25, -0.2) is 4.39 Å². The first-order valence-corrected chi connectivity index (χ1v) is 7.72. The zero-order valence-electron chi connectivity index (χ0n) is 12.2. The van der Waals surface area contributed by atoms with E-state index < -0.39 is 0 Å². The van der Waals surface area contributed by atoms with Gasteiger partial charge in [0.1, 0.15) is 18.2 Å². The van der Waals surface area contributed by atoms with Crippen molar-refractivity contribution in [2.24, 2.45) is 0 Å². The van der Waals surface area contributed by atoms with Crippen molar-refractivity contribution in [2.45, 2.75) is 33.0 Å². The van der Waals surface area contributed by atoms with Gasteiger partial charge >= 0.3 is 0 Å². The van der Waals surface area contributed by atoms with Crippen molar-refractivity contribution >= 4 is 15.9 Å². The van der Waals surface area contributed by atoms with Crippen LogP contribution >= 0.6 is 15.9 Å². The molecule has 4 heteroatoms. The minimum absolute atomic E-state index is 0.276. The Balaban J connectivity index is 2.02. The molecule has 0 bridgehead atoms. The molecule has 0 saturated carbocycles. The maximum Gasteiger partial charge on any atom is 0.127 e. The highest BCUT2D eigenvalue weighted by Crippen LogP contribution is 2.19. The smallest absolute Gasteiger partial charge is 0.127 e. The number of rotatable bonds is 6. The van der Waals surface area contributed by atoms with Gasteiger partial charge in [-0.3, -0.25) is 0 Å². The van der Waals surface area contributed by atoms with Gasteiger partial charge in [0.05, 0.1) is 0 Å². The molecule has 0 radical (unpaired) electrons. The quantitative estimate of drug-likeness (QED) is 0.816. The van der Waals surface area contributed by atoms with Gasteiger partial charge in [0, 0.05) is 23.1 Å². The minimum atomic E-state index is -0.276. The molecule has 0 aliphatic carbocycles. The van der Waals surface area contributed by atoms with Crippen LogP contribution in [0.4, 0.5) is 4.39 Å². The number of benzene rings is 2. The number of hydrogen-bond acceptors (Lipinski definition) is 2. The highest BCUT2D eigenvalue weighted by Gasteiger charge is 2.04. The molecule has 0 heterocycles. The maximum atomic E-state index is 13.6. The number of ether oxygens (including phenoxy) is 1. The Hall–Kier alpha value is -1.39. The van der Waals surface area contributed by atoms with E-state index in [2.05, 4.69) is 35.1 Å². The first-order valence-electron chi connectivity index (χ1n) is 6.93. The summed E-state index contributed by atoms with van der Waals surface area (Å²) in [7, 11) is 0. The second kappa shape index (κ2) is 7.57. The Morgan fingerprint density at radius 3 is 2.67 bits per heavy atom. The monoisotopic (exact) mass is 351 g/mol. The third-order valence-corrected chi connectivity index (χ3v) is 3.43. The number of nitrogens with one attached hydrogen (secondary N) is 1. The van der Waals surface area contributed by atoms with Crippen LogP contribution < -0.4 is 10.1 Å². The zero-order chi connectivity index (χ0) is 15.2. The van der Waals surface area contributed by atoms with Gasteiger partial charge < -0.3 is 10.1 Å². The molecule has 2 rings (SSSR count). The molecule has 0 spiro atoms. The van der Waals surface area contributed by atoms with Crippen LogP contribution in [0.3, 0.4) is 0 Å². The molecule has 21 heavy (non-hydrogen) atoms. The van der Waals surface area contributed by atoms with Crippen LogP contribution in [0.1, 0.15) is 25.0 Å². The van der Waals surface area contributed by atoms with Crippen molar-refractivity contribution in [1.29, 1.82) is 0 Å². The van der Waals surface area contributed by atoms with Gasteiger partial charge in [0.25, 0.3) is 0 Å². The maximum absolute atomic E-state index is 13.6. The lowest BCUT2D eigenvalue weighted by Crippen LogP contribution is -2.21. The summed E-state index contributed by atoms with van der Waals surface area (Å²) in [4.78, 5) is 0. The molecule has 2 aromatic carbocycles. The summed E-state index contributed by atoms with van der Waals surface area (Å²) < 4.78 is 20.3. The average molecular weight is 352 g/mol. The summed E-state index contributed by atoms with van der Waals surface area (Å²) >= 11 is 3.42. The zero-order valence-corrected chi connectivity index (χ0v) is 13.8. The van der Waals surface area contributed by atoms with Gasteiger partial charge in [-0.2, -0.15) is 0 Å². The van der Waals surface area contributed by atoms with Crippen molar-refractivity contribution in [1.82, 2.24) is 5.32 Å². The molecule has 0 unspecified atom stereocenters. The highest BCUT2D eigenvalue weighted by atomic mass is 79.9. The summed E-state index contributed by atoms with van der Waals surface area (Å²) in [6, 6.07) is 13.0. The van der Waals surface area contributed by atoms with E-state index in [1.54, 1.807) is 0 Å². The van der Waals surface area contributed by atoms with E-state index >= 15 is 0 Å². The van der Waals surface area contributed by atoms with E-state index in [-0.39, 0.29) is 5.82 Å². The van der Waals surface area contributed by atoms with Crippen molar-refractivity contribution < 1.29 is 9.13 Å². The summed E-state index contributed by atoms with van der Waals surface area (Å²) in [5, 5.41) is 3.27. The summed E-state index contributed by atoms with van der Waals surface area (Å²) in [6.07, 6.45) is 0. The van der Waals surface area contributed by atoms with Gasteiger partial charge in [0.15, 0.2) is 0 Å². The summed E-state index contributed by atoms with van der Waals surface area (Å²) in [5.41, 5.74) is 1.92. The first-order chi connectivity index (χ1) is 10.0. The normalized spacial score (nSPS) is 10.9.